The number of rotatable bonds is 2. The van der Waals surface area contributed by atoms with E-state index in [-0.39, 0.29) is 0 Å². The van der Waals surface area contributed by atoms with Crippen LogP contribution in [-0.4, -0.2) is 10.2 Å². The van der Waals surface area contributed by atoms with Crippen LogP contribution in [-0.2, 0) is 0 Å². The minimum atomic E-state index is 0.519. The molecular weight excluding hydrogens is 186 g/mol. The van der Waals surface area contributed by atoms with E-state index in [0.29, 0.717) is 5.82 Å². The van der Waals surface area contributed by atoms with Crippen molar-refractivity contribution in [1.29, 1.82) is 0 Å². The number of H-pyrrole nitrogens is 1. The third-order valence-corrected chi connectivity index (χ3v) is 2.21. The standard InChI is InChI=1S/C12H13N3/c1-9(11-8-12(13)15-14-11)7-10-5-3-2-4-6-10/h2-8H,1H3,(H3,13,14,15)/b9-7-. The van der Waals surface area contributed by atoms with E-state index in [1.807, 2.05) is 31.2 Å². The van der Waals surface area contributed by atoms with Gasteiger partial charge in [0, 0.05) is 6.07 Å². The first kappa shape index (κ1) is 9.52. The molecule has 0 fully saturated rings. The van der Waals surface area contributed by atoms with Crippen molar-refractivity contribution in [2.75, 3.05) is 5.73 Å². The summed E-state index contributed by atoms with van der Waals surface area (Å²) < 4.78 is 0. The Morgan fingerprint density at radius 3 is 2.67 bits per heavy atom. The molecule has 15 heavy (non-hydrogen) atoms. The van der Waals surface area contributed by atoms with Gasteiger partial charge in [-0.05, 0) is 24.1 Å². The van der Waals surface area contributed by atoms with E-state index in [0.717, 1.165) is 11.3 Å². The Hall–Kier alpha value is -2.03. The van der Waals surface area contributed by atoms with Crippen LogP contribution in [0, 0.1) is 0 Å². The van der Waals surface area contributed by atoms with E-state index in [9.17, 15) is 0 Å². The predicted molar refractivity (Wildman–Crippen MR) is 63.0 cm³/mol. The van der Waals surface area contributed by atoms with Crippen LogP contribution >= 0.6 is 0 Å². The zero-order chi connectivity index (χ0) is 10.7. The zero-order valence-electron chi connectivity index (χ0n) is 8.57. The van der Waals surface area contributed by atoms with Crippen LogP contribution in [0.4, 0.5) is 5.82 Å². The van der Waals surface area contributed by atoms with Crippen LogP contribution in [0.2, 0.25) is 0 Å². The molecule has 0 amide bonds. The summed E-state index contributed by atoms with van der Waals surface area (Å²) in [5, 5.41) is 6.77. The van der Waals surface area contributed by atoms with Gasteiger partial charge in [-0.3, -0.25) is 5.10 Å². The second-order valence-corrected chi connectivity index (χ2v) is 3.44. The van der Waals surface area contributed by atoms with Crippen LogP contribution in [0.5, 0.6) is 0 Å². The van der Waals surface area contributed by atoms with Gasteiger partial charge >= 0.3 is 0 Å². The second-order valence-electron chi connectivity index (χ2n) is 3.44. The lowest BCUT2D eigenvalue weighted by Crippen LogP contribution is -1.81. The van der Waals surface area contributed by atoms with Crippen molar-refractivity contribution < 1.29 is 0 Å². The smallest absolute Gasteiger partial charge is 0.145 e. The molecule has 3 N–H and O–H groups in total. The van der Waals surface area contributed by atoms with Crippen molar-refractivity contribution in [2.45, 2.75) is 6.92 Å². The van der Waals surface area contributed by atoms with Gasteiger partial charge in [0.2, 0.25) is 0 Å². The van der Waals surface area contributed by atoms with E-state index in [1.54, 1.807) is 0 Å². The van der Waals surface area contributed by atoms with E-state index < -0.39 is 0 Å². The summed E-state index contributed by atoms with van der Waals surface area (Å²) in [7, 11) is 0. The maximum Gasteiger partial charge on any atom is 0.145 e. The highest BCUT2D eigenvalue weighted by atomic mass is 15.2. The number of nitrogen functional groups attached to an aromatic ring is 1. The first-order chi connectivity index (χ1) is 7.25. The zero-order valence-corrected chi connectivity index (χ0v) is 8.57. The highest BCUT2D eigenvalue weighted by Crippen LogP contribution is 2.16. The number of benzene rings is 1. The molecule has 1 aromatic heterocycles. The molecule has 2 aromatic rings. The van der Waals surface area contributed by atoms with Gasteiger partial charge in [-0.25, -0.2) is 0 Å². The van der Waals surface area contributed by atoms with Gasteiger partial charge < -0.3 is 5.73 Å². The molecule has 1 aromatic carbocycles. The Kier molecular flexibility index (Phi) is 2.54. The Balaban J connectivity index is 2.28. The molecule has 0 aliphatic rings. The van der Waals surface area contributed by atoms with E-state index >= 15 is 0 Å². The van der Waals surface area contributed by atoms with Gasteiger partial charge in [0.25, 0.3) is 0 Å². The molecule has 0 bridgehead atoms. The first-order valence-corrected chi connectivity index (χ1v) is 4.80. The lowest BCUT2D eigenvalue weighted by molar-refractivity contribution is 1.08. The number of nitrogens with one attached hydrogen (secondary N) is 1. The van der Waals surface area contributed by atoms with Crippen LogP contribution in [0.1, 0.15) is 18.2 Å². The van der Waals surface area contributed by atoms with Crippen LogP contribution in [0.25, 0.3) is 11.6 Å². The Morgan fingerprint density at radius 1 is 1.33 bits per heavy atom. The minimum absolute atomic E-state index is 0.519. The van der Waals surface area contributed by atoms with Crippen molar-refractivity contribution in [2.24, 2.45) is 0 Å². The molecule has 0 atom stereocenters. The predicted octanol–water partition coefficient (Wildman–Crippen LogP) is 2.55. The molecule has 76 valence electrons. The fourth-order valence-electron chi connectivity index (χ4n) is 1.42. The largest absolute Gasteiger partial charge is 0.382 e. The molecule has 1 heterocycles. The number of nitrogens with two attached hydrogens (primary N) is 1. The van der Waals surface area contributed by atoms with E-state index in [1.165, 1.54) is 5.56 Å². The second kappa shape index (κ2) is 4.00. The number of hydrogen-bond acceptors (Lipinski definition) is 2. The lowest BCUT2D eigenvalue weighted by Gasteiger charge is -1.97. The van der Waals surface area contributed by atoms with Gasteiger partial charge in [-0.2, -0.15) is 5.10 Å². The Bertz CT molecular complexity index is 469. The fraction of sp³-hybridized carbons (Fsp3) is 0.0833. The van der Waals surface area contributed by atoms with Crippen LogP contribution < -0.4 is 5.73 Å². The molecule has 0 spiro atoms. The summed E-state index contributed by atoms with van der Waals surface area (Å²) >= 11 is 0. The maximum atomic E-state index is 5.54. The van der Waals surface area contributed by atoms with Crippen molar-refractivity contribution >= 4 is 17.5 Å². The molecule has 3 heteroatoms. The van der Waals surface area contributed by atoms with Gasteiger partial charge in [-0.15, -0.1) is 0 Å². The monoisotopic (exact) mass is 199 g/mol. The fourth-order valence-corrected chi connectivity index (χ4v) is 1.42. The first-order valence-electron chi connectivity index (χ1n) is 4.80. The molecule has 0 saturated heterocycles. The molecule has 2 rings (SSSR count). The highest BCUT2D eigenvalue weighted by Gasteiger charge is 1.99. The van der Waals surface area contributed by atoms with Gasteiger partial charge in [0.05, 0.1) is 5.69 Å². The topological polar surface area (TPSA) is 54.7 Å². The number of nitrogens with zero attached hydrogens (tertiary/aromatic N) is 1. The number of allylic oxidation sites excluding steroid dienone is 1. The molecule has 0 unspecified atom stereocenters. The average Bonchev–Trinajstić information content (AvgIpc) is 2.66. The summed E-state index contributed by atoms with van der Waals surface area (Å²) in [5.74, 6) is 0.519. The summed E-state index contributed by atoms with van der Waals surface area (Å²) in [6, 6.07) is 12.0. The quantitative estimate of drug-likeness (QED) is 0.781. The van der Waals surface area contributed by atoms with E-state index in [2.05, 4.69) is 28.4 Å². The van der Waals surface area contributed by atoms with Gasteiger partial charge in [-0.1, -0.05) is 30.3 Å². The Labute approximate surface area is 88.6 Å². The van der Waals surface area contributed by atoms with E-state index in [4.69, 9.17) is 5.73 Å². The number of hydrogen-bond donors (Lipinski definition) is 2. The third-order valence-electron chi connectivity index (χ3n) is 2.21. The van der Waals surface area contributed by atoms with Gasteiger partial charge in [0.15, 0.2) is 0 Å². The summed E-state index contributed by atoms with van der Waals surface area (Å²) in [6.07, 6.45) is 2.09. The summed E-state index contributed by atoms with van der Waals surface area (Å²) in [5.41, 5.74) is 8.78. The van der Waals surface area contributed by atoms with Crippen molar-refractivity contribution in [3.05, 3.63) is 47.7 Å². The van der Waals surface area contributed by atoms with Crippen molar-refractivity contribution in [3.63, 3.8) is 0 Å². The molecule has 3 nitrogen and oxygen atoms in total. The number of aromatic amines is 1. The molecule has 0 saturated carbocycles. The van der Waals surface area contributed by atoms with Crippen LogP contribution in [0.15, 0.2) is 36.4 Å². The molecule has 0 aliphatic carbocycles. The molecule has 0 radical (unpaired) electrons. The summed E-state index contributed by atoms with van der Waals surface area (Å²) in [6.45, 7) is 2.03. The molecular formula is C12H13N3. The SMILES string of the molecule is C/C(=C/c1ccccc1)c1cc(N)n[nH]1. The normalized spacial score (nSPS) is 11.7. The highest BCUT2D eigenvalue weighted by molar-refractivity contribution is 5.79. The van der Waals surface area contributed by atoms with Crippen molar-refractivity contribution in [1.82, 2.24) is 10.2 Å². The minimum Gasteiger partial charge on any atom is -0.382 e. The van der Waals surface area contributed by atoms with Gasteiger partial charge in [0.1, 0.15) is 5.82 Å². The Morgan fingerprint density at radius 2 is 2.07 bits per heavy atom. The maximum absolute atomic E-state index is 5.54. The lowest BCUT2D eigenvalue weighted by atomic mass is 10.1. The summed E-state index contributed by atoms with van der Waals surface area (Å²) in [4.78, 5) is 0. The van der Waals surface area contributed by atoms with Crippen molar-refractivity contribution in [3.8, 4) is 0 Å². The molecule has 0 aliphatic heterocycles. The third kappa shape index (κ3) is 2.26. The van der Waals surface area contributed by atoms with Crippen LogP contribution in [0.3, 0.4) is 0 Å². The number of aromatic nitrogens is 2. The number of anilines is 1. The average molecular weight is 199 g/mol.